The zero-order chi connectivity index (χ0) is 10.1. The first kappa shape index (κ1) is 8.80. The third-order valence-electron chi connectivity index (χ3n) is 2.02. The first-order valence-electron chi connectivity index (χ1n) is 3.99. The van der Waals surface area contributed by atoms with Crippen molar-refractivity contribution in [2.45, 2.75) is 0 Å². The Hall–Kier alpha value is -1.78. The van der Waals surface area contributed by atoms with E-state index >= 15 is 0 Å². The van der Waals surface area contributed by atoms with E-state index in [1.165, 1.54) is 19.3 Å². The van der Waals surface area contributed by atoms with Crippen molar-refractivity contribution in [3.8, 4) is 0 Å². The van der Waals surface area contributed by atoms with Gasteiger partial charge in [0.05, 0.1) is 12.8 Å². The SMILES string of the molecule is COC1=CC2=NC=NC(=O)C2C(F)=C1. The number of carbonyl (C=O) groups is 1. The van der Waals surface area contributed by atoms with Gasteiger partial charge in [-0.3, -0.25) is 4.79 Å². The molecule has 14 heavy (non-hydrogen) atoms. The fraction of sp³-hybridized carbons (Fsp3) is 0.222. The number of allylic oxidation sites excluding steroid dienone is 2. The van der Waals surface area contributed by atoms with Gasteiger partial charge in [-0.2, -0.15) is 0 Å². The zero-order valence-electron chi connectivity index (χ0n) is 7.40. The molecule has 0 saturated carbocycles. The summed E-state index contributed by atoms with van der Waals surface area (Å²) in [6.45, 7) is 0. The highest BCUT2D eigenvalue weighted by molar-refractivity contribution is 6.18. The van der Waals surface area contributed by atoms with Crippen molar-refractivity contribution in [1.82, 2.24) is 0 Å². The quantitative estimate of drug-likeness (QED) is 0.625. The van der Waals surface area contributed by atoms with Crippen LogP contribution in [0.2, 0.25) is 0 Å². The van der Waals surface area contributed by atoms with Crippen LogP contribution in [0.5, 0.6) is 0 Å². The van der Waals surface area contributed by atoms with E-state index in [0.29, 0.717) is 11.5 Å². The van der Waals surface area contributed by atoms with Gasteiger partial charge in [0.2, 0.25) is 0 Å². The third-order valence-corrected chi connectivity index (χ3v) is 2.02. The number of methoxy groups -OCH3 is 1. The van der Waals surface area contributed by atoms with Crippen LogP contribution in [0.25, 0.3) is 0 Å². The molecule has 0 saturated heterocycles. The molecule has 1 aliphatic heterocycles. The van der Waals surface area contributed by atoms with Crippen LogP contribution >= 0.6 is 0 Å². The van der Waals surface area contributed by atoms with Gasteiger partial charge in [0.1, 0.15) is 23.8 Å². The Labute approximate surface area is 79.5 Å². The summed E-state index contributed by atoms with van der Waals surface area (Å²) in [6.07, 6.45) is 3.82. The van der Waals surface area contributed by atoms with Gasteiger partial charge in [-0.1, -0.05) is 0 Å². The van der Waals surface area contributed by atoms with Crippen molar-refractivity contribution in [3.05, 3.63) is 23.7 Å². The minimum Gasteiger partial charge on any atom is -0.497 e. The Morgan fingerprint density at radius 1 is 1.50 bits per heavy atom. The van der Waals surface area contributed by atoms with E-state index in [4.69, 9.17) is 4.74 Å². The van der Waals surface area contributed by atoms with Crippen LogP contribution in [0, 0.1) is 5.92 Å². The van der Waals surface area contributed by atoms with Crippen molar-refractivity contribution in [1.29, 1.82) is 0 Å². The Bertz CT molecular complexity index is 407. The number of aliphatic imine (C=N–C) groups is 2. The van der Waals surface area contributed by atoms with Gasteiger partial charge < -0.3 is 4.74 Å². The molecule has 0 fully saturated rings. The molecular formula is C9H7FN2O2. The molecule has 0 aromatic heterocycles. The molecule has 1 atom stereocenters. The average Bonchev–Trinajstić information content (AvgIpc) is 2.17. The van der Waals surface area contributed by atoms with Crippen LogP contribution in [0.15, 0.2) is 33.7 Å². The molecule has 72 valence electrons. The Morgan fingerprint density at radius 3 is 3.00 bits per heavy atom. The van der Waals surface area contributed by atoms with Gasteiger partial charge in [-0.25, -0.2) is 14.4 Å². The fourth-order valence-electron chi connectivity index (χ4n) is 1.33. The Morgan fingerprint density at radius 2 is 2.29 bits per heavy atom. The largest absolute Gasteiger partial charge is 0.497 e. The lowest BCUT2D eigenvalue weighted by Crippen LogP contribution is -2.27. The van der Waals surface area contributed by atoms with E-state index in [2.05, 4.69) is 9.98 Å². The first-order chi connectivity index (χ1) is 6.72. The molecule has 0 spiro atoms. The second-order valence-electron chi connectivity index (χ2n) is 2.85. The first-order valence-corrected chi connectivity index (χ1v) is 3.99. The van der Waals surface area contributed by atoms with Crippen LogP contribution in [0.3, 0.4) is 0 Å². The number of hydrogen-bond donors (Lipinski definition) is 0. The summed E-state index contributed by atoms with van der Waals surface area (Å²) < 4.78 is 18.2. The molecule has 1 heterocycles. The van der Waals surface area contributed by atoms with Gasteiger partial charge in [-0.05, 0) is 0 Å². The predicted octanol–water partition coefficient (Wildman–Crippen LogP) is 1.01. The lowest BCUT2D eigenvalue weighted by Gasteiger charge is -2.18. The molecule has 2 aliphatic rings. The van der Waals surface area contributed by atoms with Crippen molar-refractivity contribution in [3.63, 3.8) is 0 Å². The molecule has 4 nitrogen and oxygen atoms in total. The van der Waals surface area contributed by atoms with Gasteiger partial charge in [0.25, 0.3) is 5.91 Å². The van der Waals surface area contributed by atoms with Gasteiger partial charge >= 0.3 is 0 Å². The highest BCUT2D eigenvalue weighted by Gasteiger charge is 2.32. The molecule has 0 N–H and O–H groups in total. The number of amides is 1. The summed E-state index contributed by atoms with van der Waals surface area (Å²) >= 11 is 0. The summed E-state index contributed by atoms with van der Waals surface area (Å²) in [5.41, 5.74) is 0.335. The number of fused-ring (bicyclic) bond motifs is 1. The van der Waals surface area contributed by atoms with E-state index in [1.54, 1.807) is 0 Å². The maximum absolute atomic E-state index is 13.4. The lowest BCUT2D eigenvalue weighted by molar-refractivity contribution is -0.119. The third kappa shape index (κ3) is 1.26. The van der Waals surface area contributed by atoms with Crippen LogP contribution < -0.4 is 0 Å². The van der Waals surface area contributed by atoms with Gasteiger partial charge in [0, 0.05) is 12.2 Å². The van der Waals surface area contributed by atoms with E-state index in [0.717, 1.165) is 6.34 Å². The monoisotopic (exact) mass is 194 g/mol. The molecular weight excluding hydrogens is 187 g/mol. The van der Waals surface area contributed by atoms with Gasteiger partial charge in [-0.15, -0.1) is 0 Å². The maximum Gasteiger partial charge on any atom is 0.263 e. The lowest BCUT2D eigenvalue weighted by atomic mass is 9.95. The minimum atomic E-state index is -0.973. The minimum absolute atomic E-state index is 0.335. The van der Waals surface area contributed by atoms with Gasteiger partial charge in [0.15, 0.2) is 0 Å². The normalized spacial score (nSPS) is 24.9. The maximum atomic E-state index is 13.4. The van der Waals surface area contributed by atoms with E-state index in [-0.39, 0.29) is 0 Å². The molecule has 0 radical (unpaired) electrons. The summed E-state index contributed by atoms with van der Waals surface area (Å²) in [4.78, 5) is 18.4. The zero-order valence-corrected chi connectivity index (χ0v) is 7.40. The molecule has 1 amide bonds. The topological polar surface area (TPSA) is 51.0 Å². The highest BCUT2D eigenvalue weighted by atomic mass is 19.1. The predicted molar refractivity (Wildman–Crippen MR) is 48.7 cm³/mol. The van der Waals surface area contributed by atoms with Crippen LogP contribution in [-0.4, -0.2) is 25.1 Å². The van der Waals surface area contributed by atoms with Crippen molar-refractivity contribution < 1.29 is 13.9 Å². The Kier molecular flexibility index (Phi) is 1.99. The molecule has 0 bridgehead atoms. The van der Waals surface area contributed by atoms with Crippen molar-refractivity contribution in [2.24, 2.45) is 15.9 Å². The second kappa shape index (κ2) is 3.17. The van der Waals surface area contributed by atoms with E-state index < -0.39 is 17.7 Å². The number of hydrogen-bond acceptors (Lipinski definition) is 3. The molecule has 0 aromatic rings. The average molecular weight is 194 g/mol. The smallest absolute Gasteiger partial charge is 0.263 e. The number of carbonyl (C=O) groups excluding carboxylic acids is 1. The van der Waals surface area contributed by atoms with Crippen LogP contribution in [0.1, 0.15) is 0 Å². The summed E-state index contributed by atoms with van der Waals surface area (Å²) in [6, 6.07) is 0. The van der Waals surface area contributed by atoms with Crippen molar-refractivity contribution in [2.75, 3.05) is 7.11 Å². The number of rotatable bonds is 1. The Balaban J connectivity index is 2.45. The van der Waals surface area contributed by atoms with Crippen molar-refractivity contribution >= 4 is 18.0 Å². The molecule has 0 aromatic carbocycles. The highest BCUT2D eigenvalue weighted by Crippen LogP contribution is 2.26. The molecule has 1 aliphatic carbocycles. The summed E-state index contributed by atoms with van der Waals surface area (Å²) in [5, 5.41) is 0. The van der Waals surface area contributed by atoms with Crippen LogP contribution in [-0.2, 0) is 9.53 Å². The number of ether oxygens (including phenoxy) is 1. The second-order valence-corrected chi connectivity index (χ2v) is 2.85. The van der Waals surface area contributed by atoms with Crippen LogP contribution in [0.4, 0.5) is 4.39 Å². The summed E-state index contributed by atoms with van der Waals surface area (Å²) in [7, 11) is 1.43. The molecule has 2 rings (SSSR count). The summed E-state index contributed by atoms with van der Waals surface area (Å²) in [5.74, 6) is -1.74. The fourth-order valence-corrected chi connectivity index (χ4v) is 1.33. The molecule has 1 unspecified atom stereocenters. The number of nitrogens with zero attached hydrogens (tertiary/aromatic N) is 2. The van der Waals surface area contributed by atoms with E-state index in [1.807, 2.05) is 0 Å². The van der Waals surface area contributed by atoms with E-state index in [9.17, 15) is 9.18 Å². The number of halogens is 1. The standard InChI is InChI=1S/C9H7FN2O2/c1-14-5-2-6(10)8-7(3-5)11-4-12-9(8)13/h2-4,8H,1H3. The molecule has 5 heteroatoms.